The summed E-state index contributed by atoms with van der Waals surface area (Å²) in [6, 6.07) is 0. The molecule has 0 heterocycles. The lowest BCUT2D eigenvalue weighted by molar-refractivity contribution is -0.111. The van der Waals surface area contributed by atoms with Gasteiger partial charge in [-0.2, -0.15) is 0 Å². The van der Waals surface area contributed by atoms with Crippen LogP contribution in [-0.2, 0) is 9.53 Å². The molecule has 1 aliphatic rings. The van der Waals surface area contributed by atoms with E-state index in [2.05, 4.69) is 0 Å². The summed E-state index contributed by atoms with van der Waals surface area (Å²) in [6.07, 6.45) is 24.9. The maximum absolute atomic E-state index is 11.0. The number of carbonyl (C=O) groups is 1. The summed E-state index contributed by atoms with van der Waals surface area (Å²) in [7, 11) is 0. The monoisotopic (exact) mass is 434 g/mol. The van der Waals surface area contributed by atoms with Crippen molar-refractivity contribution in [2.45, 2.75) is 127 Å². The molecule has 28 heavy (non-hydrogen) atoms. The van der Waals surface area contributed by atoms with Crippen molar-refractivity contribution in [1.82, 2.24) is 0 Å². The van der Waals surface area contributed by atoms with Crippen LogP contribution in [0.5, 0.6) is 0 Å². The van der Waals surface area contributed by atoms with Crippen LogP contribution in [0.1, 0.15) is 116 Å². The predicted molar refractivity (Wildman–Crippen MR) is 123 cm³/mol. The Morgan fingerprint density at radius 2 is 1.29 bits per heavy atom. The molecule has 0 aliphatic heterocycles. The highest BCUT2D eigenvalue weighted by Gasteiger charge is 2.17. The Hall–Kier alpha value is 0.210. The van der Waals surface area contributed by atoms with Crippen LogP contribution in [0.4, 0.5) is 0 Å². The molecular weight excluding hydrogens is 391 g/mol. The molecule has 0 amide bonds. The molecule has 4 heteroatoms. The highest BCUT2D eigenvalue weighted by atomic mass is 35.5. The van der Waals surface area contributed by atoms with Gasteiger partial charge in [0.15, 0.2) is 0 Å². The zero-order valence-corrected chi connectivity index (χ0v) is 19.5. The van der Waals surface area contributed by atoms with Gasteiger partial charge in [-0.3, -0.25) is 0 Å². The minimum absolute atomic E-state index is 0.0713. The number of hydrogen-bond donors (Lipinski definition) is 0. The lowest BCUT2D eigenvalue weighted by atomic mass is 9.98. The molecule has 1 rings (SSSR count). The predicted octanol–water partition coefficient (Wildman–Crippen LogP) is 8.07. The summed E-state index contributed by atoms with van der Waals surface area (Å²) >= 11 is 11.8. The van der Waals surface area contributed by atoms with Gasteiger partial charge in [-0.1, -0.05) is 89.9 Å². The van der Waals surface area contributed by atoms with Gasteiger partial charge in [0.25, 0.3) is 0 Å². The topological polar surface area (TPSA) is 26.3 Å². The molecular formula is C24H44Cl2O2. The Bertz CT molecular complexity index is 345. The maximum Gasteiger partial charge on any atom is 0.124 e. The molecule has 2 nitrogen and oxygen atoms in total. The number of hydrogen-bond acceptors (Lipinski definition) is 2. The molecule has 0 aromatic rings. The van der Waals surface area contributed by atoms with Crippen LogP contribution in [0.3, 0.4) is 0 Å². The number of unbranched alkanes of at least 4 members (excludes halogenated alkanes) is 11. The van der Waals surface area contributed by atoms with E-state index in [1.165, 1.54) is 103 Å². The lowest BCUT2D eigenvalue weighted by Gasteiger charge is -2.21. The van der Waals surface area contributed by atoms with E-state index in [9.17, 15) is 4.79 Å². The van der Waals surface area contributed by atoms with E-state index in [1.54, 1.807) is 0 Å². The zero-order chi connectivity index (χ0) is 20.3. The number of rotatable bonds is 19. The van der Waals surface area contributed by atoms with Crippen LogP contribution in [-0.4, -0.2) is 30.3 Å². The van der Waals surface area contributed by atoms with Crippen molar-refractivity contribution in [3.8, 4) is 0 Å². The summed E-state index contributed by atoms with van der Waals surface area (Å²) in [6.45, 7) is 0.982. The minimum Gasteiger partial charge on any atom is -0.378 e. The van der Waals surface area contributed by atoms with Crippen LogP contribution >= 0.6 is 23.2 Å². The number of ether oxygens (including phenoxy) is 1. The van der Waals surface area contributed by atoms with Crippen molar-refractivity contribution in [3.05, 3.63) is 0 Å². The molecule has 2 atom stereocenters. The molecule has 2 unspecified atom stereocenters. The van der Waals surface area contributed by atoms with Crippen molar-refractivity contribution in [1.29, 1.82) is 0 Å². The molecule has 0 N–H and O–H groups in total. The molecule has 0 bridgehead atoms. The smallest absolute Gasteiger partial charge is 0.124 e. The van der Waals surface area contributed by atoms with Crippen LogP contribution in [0, 0.1) is 5.92 Å². The van der Waals surface area contributed by atoms with E-state index in [0.29, 0.717) is 12.0 Å². The first-order chi connectivity index (χ1) is 13.8. The Kier molecular flexibility index (Phi) is 18.0. The molecule has 1 saturated carbocycles. The van der Waals surface area contributed by atoms with E-state index in [1.807, 2.05) is 0 Å². The van der Waals surface area contributed by atoms with Gasteiger partial charge in [0.2, 0.25) is 0 Å². The van der Waals surface area contributed by atoms with Gasteiger partial charge in [0.05, 0.1) is 11.5 Å². The normalized spacial score (nSPS) is 17.5. The van der Waals surface area contributed by atoms with E-state index >= 15 is 0 Å². The van der Waals surface area contributed by atoms with Gasteiger partial charge in [-0.25, -0.2) is 0 Å². The van der Waals surface area contributed by atoms with Gasteiger partial charge in [0, 0.05) is 18.4 Å². The van der Waals surface area contributed by atoms with E-state index < -0.39 is 0 Å². The SMILES string of the molecule is O=CC(CCCCCCCCCCCCCCOC1CCCCC1)C(Cl)CCl. The molecule has 0 aromatic carbocycles. The van der Waals surface area contributed by atoms with Crippen molar-refractivity contribution in [2.24, 2.45) is 5.92 Å². The fourth-order valence-electron chi connectivity index (χ4n) is 4.18. The second-order valence-electron chi connectivity index (χ2n) is 8.63. The standard InChI is InChI=1S/C24H44Cl2O2/c25-20-24(26)22(21-27)16-12-9-7-5-3-1-2-4-6-8-10-15-19-28-23-17-13-11-14-18-23/h21-24H,1-20H2. The molecule has 0 saturated heterocycles. The largest absolute Gasteiger partial charge is 0.378 e. The quantitative estimate of drug-likeness (QED) is 0.116. The first-order valence-electron chi connectivity index (χ1n) is 12.0. The molecule has 1 fully saturated rings. The Labute approximate surface area is 184 Å². The first kappa shape index (κ1) is 26.2. The second-order valence-corrected chi connectivity index (χ2v) is 9.50. The molecule has 0 spiro atoms. The van der Waals surface area contributed by atoms with Crippen LogP contribution in [0.15, 0.2) is 0 Å². The summed E-state index contributed by atoms with van der Waals surface area (Å²) in [5.41, 5.74) is 0. The van der Waals surface area contributed by atoms with Crippen molar-refractivity contribution in [2.75, 3.05) is 12.5 Å². The lowest BCUT2D eigenvalue weighted by Crippen LogP contribution is -2.17. The third-order valence-electron chi connectivity index (χ3n) is 6.12. The van der Waals surface area contributed by atoms with Gasteiger partial charge < -0.3 is 9.53 Å². The average molecular weight is 436 g/mol. The third kappa shape index (κ3) is 14.2. The minimum atomic E-state index is -0.205. The molecule has 1 aliphatic carbocycles. The summed E-state index contributed by atoms with van der Waals surface area (Å²) in [5, 5.41) is -0.205. The summed E-state index contributed by atoms with van der Waals surface area (Å²) < 4.78 is 5.99. The highest BCUT2D eigenvalue weighted by Crippen LogP contribution is 2.21. The second kappa shape index (κ2) is 19.2. The third-order valence-corrected chi connectivity index (χ3v) is 7.09. The number of aldehydes is 1. The molecule has 166 valence electrons. The van der Waals surface area contributed by atoms with Gasteiger partial charge in [0.1, 0.15) is 6.29 Å². The summed E-state index contributed by atoms with van der Waals surface area (Å²) in [4.78, 5) is 11.0. The first-order valence-corrected chi connectivity index (χ1v) is 13.0. The Balaban J connectivity index is 1.74. The van der Waals surface area contributed by atoms with Gasteiger partial charge in [-0.05, 0) is 25.7 Å². The molecule has 0 radical (unpaired) electrons. The van der Waals surface area contributed by atoms with Crippen molar-refractivity contribution >= 4 is 29.5 Å². The van der Waals surface area contributed by atoms with Crippen molar-refractivity contribution < 1.29 is 9.53 Å². The van der Waals surface area contributed by atoms with Crippen molar-refractivity contribution in [3.63, 3.8) is 0 Å². The zero-order valence-electron chi connectivity index (χ0n) is 18.0. The number of alkyl halides is 2. The van der Waals surface area contributed by atoms with Crippen LogP contribution in [0.25, 0.3) is 0 Å². The van der Waals surface area contributed by atoms with Crippen LogP contribution in [0.2, 0.25) is 0 Å². The van der Waals surface area contributed by atoms with Crippen LogP contribution < -0.4 is 0 Å². The highest BCUT2D eigenvalue weighted by molar-refractivity contribution is 6.28. The fraction of sp³-hybridized carbons (Fsp3) is 0.958. The average Bonchev–Trinajstić information content (AvgIpc) is 2.73. The Morgan fingerprint density at radius 1 is 0.786 bits per heavy atom. The van der Waals surface area contributed by atoms with Gasteiger partial charge in [-0.15, -0.1) is 23.2 Å². The summed E-state index contributed by atoms with van der Waals surface area (Å²) in [5.74, 6) is 0.289. The maximum atomic E-state index is 11.0. The number of halogens is 2. The van der Waals surface area contributed by atoms with Gasteiger partial charge >= 0.3 is 0 Å². The fourth-order valence-corrected chi connectivity index (χ4v) is 4.59. The Morgan fingerprint density at radius 3 is 1.79 bits per heavy atom. The van der Waals surface area contributed by atoms with E-state index in [4.69, 9.17) is 27.9 Å². The van der Waals surface area contributed by atoms with E-state index in [-0.39, 0.29) is 11.3 Å². The van der Waals surface area contributed by atoms with E-state index in [0.717, 1.165) is 25.7 Å². The number of carbonyl (C=O) groups excluding carboxylic acids is 1. The molecule has 0 aromatic heterocycles.